The van der Waals surface area contributed by atoms with Crippen LogP contribution >= 0.6 is 0 Å². The van der Waals surface area contributed by atoms with E-state index in [1.807, 2.05) is 26.0 Å². The number of rotatable bonds is 10. The number of nitrogens with one attached hydrogen (secondary N) is 1. The molecule has 3 aromatic rings. The molecule has 0 radical (unpaired) electrons. The highest BCUT2D eigenvalue weighted by Crippen LogP contribution is 2.25. The molecule has 1 unspecified atom stereocenters. The fourth-order valence-corrected chi connectivity index (χ4v) is 5.74. The minimum Gasteiger partial charge on any atom is -0.348 e. The molecule has 0 saturated carbocycles. The van der Waals surface area contributed by atoms with Crippen LogP contribution in [0.3, 0.4) is 0 Å². The Morgan fingerprint density at radius 2 is 1.43 bits per heavy atom. The molecule has 9 heteroatoms. The van der Waals surface area contributed by atoms with Gasteiger partial charge in [0.2, 0.25) is 5.91 Å². The summed E-state index contributed by atoms with van der Waals surface area (Å²) >= 11 is 0. The van der Waals surface area contributed by atoms with Gasteiger partial charge in [-0.1, -0.05) is 56.3 Å². The van der Waals surface area contributed by atoms with E-state index in [9.17, 15) is 21.6 Å². The van der Waals surface area contributed by atoms with Gasteiger partial charge in [0.05, 0.1) is 21.5 Å². The van der Waals surface area contributed by atoms with Crippen LogP contribution in [-0.4, -0.2) is 35.5 Å². The molecule has 0 aromatic heterocycles. The SMILES string of the molecule is CCc1ccc(N(CC(=O)NC(CC)c2ccc(S(C)(=O)=O)cc2)S(=O)(=O)c2ccccc2)cc1. The smallest absolute Gasteiger partial charge is 0.264 e. The molecule has 1 amide bonds. The van der Waals surface area contributed by atoms with E-state index in [2.05, 4.69) is 5.32 Å². The molecule has 0 aliphatic carbocycles. The Morgan fingerprint density at radius 3 is 1.94 bits per heavy atom. The zero-order chi connectivity index (χ0) is 25.6. The predicted molar refractivity (Wildman–Crippen MR) is 138 cm³/mol. The lowest BCUT2D eigenvalue weighted by Gasteiger charge is -2.26. The minimum atomic E-state index is -3.99. The van der Waals surface area contributed by atoms with Gasteiger partial charge in [0, 0.05) is 6.26 Å². The monoisotopic (exact) mass is 514 g/mol. The summed E-state index contributed by atoms with van der Waals surface area (Å²) in [6.45, 7) is 3.49. The van der Waals surface area contributed by atoms with Crippen LogP contribution in [0.4, 0.5) is 5.69 Å². The molecule has 1 atom stereocenters. The number of carbonyl (C=O) groups is 1. The van der Waals surface area contributed by atoms with Crippen LogP contribution in [0.5, 0.6) is 0 Å². The van der Waals surface area contributed by atoms with Gasteiger partial charge in [-0.05, 0) is 60.4 Å². The molecular weight excluding hydrogens is 484 g/mol. The summed E-state index contributed by atoms with van der Waals surface area (Å²) < 4.78 is 51.5. The van der Waals surface area contributed by atoms with E-state index in [0.717, 1.165) is 28.1 Å². The van der Waals surface area contributed by atoms with Gasteiger partial charge in [0.15, 0.2) is 9.84 Å². The first kappa shape index (κ1) is 26.4. The Morgan fingerprint density at radius 1 is 0.829 bits per heavy atom. The van der Waals surface area contributed by atoms with Crippen molar-refractivity contribution >= 4 is 31.5 Å². The van der Waals surface area contributed by atoms with Crippen molar-refractivity contribution in [2.75, 3.05) is 17.1 Å². The standard InChI is InChI=1S/C26H30N2O5S2/c1-4-20-11-15-22(16-12-20)28(35(32,33)24-9-7-6-8-10-24)19-26(29)27-25(5-2)21-13-17-23(18-14-21)34(3,30)31/h6-18,25H,4-5,19H2,1-3H3,(H,27,29). The second kappa shape index (κ2) is 11.0. The number of aryl methyl sites for hydroxylation is 1. The molecule has 35 heavy (non-hydrogen) atoms. The van der Waals surface area contributed by atoms with Crippen molar-refractivity contribution in [3.8, 4) is 0 Å². The summed E-state index contributed by atoms with van der Waals surface area (Å²) in [4.78, 5) is 13.4. The molecular formula is C26H30N2O5S2. The van der Waals surface area contributed by atoms with Crippen molar-refractivity contribution in [1.82, 2.24) is 5.32 Å². The number of benzene rings is 3. The number of sulfonamides is 1. The van der Waals surface area contributed by atoms with Crippen LogP contribution in [0.25, 0.3) is 0 Å². The molecule has 0 spiro atoms. The summed E-state index contributed by atoms with van der Waals surface area (Å²) in [6, 6.07) is 21.0. The van der Waals surface area contributed by atoms with Gasteiger partial charge in [0.1, 0.15) is 6.54 Å². The van der Waals surface area contributed by atoms with E-state index in [1.54, 1.807) is 42.5 Å². The highest BCUT2D eigenvalue weighted by molar-refractivity contribution is 7.93. The van der Waals surface area contributed by atoms with Crippen molar-refractivity contribution in [3.05, 3.63) is 90.0 Å². The summed E-state index contributed by atoms with van der Waals surface area (Å²) in [5, 5.41) is 2.89. The summed E-state index contributed by atoms with van der Waals surface area (Å²) in [6.07, 6.45) is 2.49. The van der Waals surface area contributed by atoms with Gasteiger partial charge >= 0.3 is 0 Å². The second-order valence-electron chi connectivity index (χ2n) is 8.21. The minimum absolute atomic E-state index is 0.0933. The highest BCUT2D eigenvalue weighted by atomic mass is 32.2. The third kappa shape index (κ3) is 6.49. The molecule has 0 aliphatic heterocycles. The maximum Gasteiger partial charge on any atom is 0.264 e. The third-order valence-corrected chi connectivity index (χ3v) is 8.62. The fraction of sp³-hybridized carbons (Fsp3) is 0.269. The van der Waals surface area contributed by atoms with Gasteiger partial charge < -0.3 is 5.32 Å². The number of hydrogen-bond donors (Lipinski definition) is 1. The summed E-state index contributed by atoms with van der Waals surface area (Å²) in [5.41, 5.74) is 2.18. The van der Waals surface area contributed by atoms with Gasteiger partial charge in [-0.3, -0.25) is 9.10 Å². The fourth-order valence-electron chi connectivity index (χ4n) is 3.67. The number of anilines is 1. The van der Waals surface area contributed by atoms with Gasteiger partial charge in [-0.25, -0.2) is 16.8 Å². The second-order valence-corrected chi connectivity index (χ2v) is 12.1. The number of nitrogens with zero attached hydrogens (tertiary/aromatic N) is 1. The molecule has 1 N–H and O–H groups in total. The third-order valence-electron chi connectivity index (χ3n) is 5.71. The first-order valence-corrected chi connectivity index (χ1v) is 14.7. The van der Waals surface area contributed by atoms with Crippen molar-refractivity contribution < 1.29 is 21.6 Å². The topological polar surface area (TPSA) is 101 Å². The quantitative estimate of drug-likeness (QED) is 0.439. The average molecular weight is 515 g/mol. The molecule has 3 aromatic carbocycles. The first-order valence-electron chi connectivity index (χ1n) is 11.3. The van der Waals surface area contributed by atoms with E-state index in [0.29, 0.717) is 12.1 Å². The Labute approximate surface area is 207 Å². The first-order chi connectivity index (χ1) is 16.6. The Kier molecular flexibility index (Phi) is 8.34. The molecule has 0 fully saturated rings. The summed E-state index contributed by atoms with van der Waals surface area (Å²) in [5.74, 6) is -0.469. The Hall–Kier alpha value is -3.17. The van der Waals surface area contributed by atoms with E-state index < -0.39 is 38.4 Å². The van der Waals surface area contributed by atoms with Crippen LogP contribution in [0.15, 0.2) is 88.7 Å². The van der Waals surface area contributed by atoms with Crippen molar-refractivity contribution in [2.24, 2.45) is 0 Å². The van der Waals surface area contributed by atoms with Crippen molar-refractivity contribution in [2.45, 2.75) is 42.5 Å². The number of hydrogen-bond acceptors (Lipinski definition) is 5. The normalized spacial score (nSPS) is 12.7. The Bertz CT molecular complexity index is 1350. The molecule has 0 aliphatic rings. The van der Waals surface area contributed by atoms with Crippen LogP contribution in [-0.2, 0) is 31.1 Å². The van der Waals surface area contributed by atoms with Crippen molar-refractivity contribution in [3.63, 3.8) is 0 Å². The largest absolute Gasteiger partial charge is 0.348 e. The van der Waals surface area contributed by atoms with E-state index in [-0.39, 0.29) is 9.79 Å². The number of carbonyl (C=O) groups excluding carboxylic acids is 1. The number of sulfone groups is 1. The molecule has 7 nitrogen and oxygen atoms in total. The van der Waals surface area contributed by atoms with E-state index in [1.165, 1.54) is 24.3 Å². The zero-order valence-corrected chi connectivity index (χ0v) is 21.6. The van der Waals surface area contributed by atoms with Crippen molar-refractivity contribution in [1.29, 1.82) is 0 Å². The van der Waals surface area contributed by atoms with Gasteiger partial charge in [-0.2, -0.15) is 0 Å². The highest BCUT2D eigenvalue weighted by Gasteiger charge is 2.28. The molecule has 0 bridgehead atoms. The predicted octanol–water partition coefficient (Wildman–Crippen LogP) is 4.12. The van der Waals surface area contributed by atoms with E-state index in [4.69, 9.17) is 0 Å². The zero-order valence-electron chi connectivity index (χ0n) is 20.0. The summed E-state index contributed by atoms with van der Waals surface area (Å²) in [7, 11) is -7.32. The molecule has 0 heterocycles. The Balaban J connectivity index is 1.88. The maximum atomic E-state index is 13.5. The maximum absolute atomic E-state index is 13.5. The van der Waals surface area contributed by atoms with E-state index >= 15 is 0 Å². The molecule has 186 valence electrons. The van der Waals surface area contributed by atoms with Crippen LogP contribution in [0.2, 0.25) is 0 Å². The molecule has 0 saturated heterocycles. The molecule has 3 rings (SSSR count). The lowest BCUT2D eigenvalue weighted by molar-refractivity contribution is -0.120. The lowest BCUT2D eigenvalue weighted by atomic mass is 10.0. The van der Waals surface area contributed by atoms with Crippen LogP contribution < -0.4 is 9.62 Å². The van der Waals surface area contributed by atoms with Crippen LogP contribution in [0, 0.1) is 0 Å². The number of amides is 1. The van der Waals surface area contributed by atoms with Gasteiger partial charge in [0.25, 0.3) is 10.0 Å². The average Bonchev–Trinajstić information content (AvgIpc) is 2.86. The van der Waals surface area contributed by atoms with Crippen LogP contribution in [0.1, 0.15) is 37.4 Å². The lowest BCUT2D eigenvalue weighted by Crippen LogP contribution is -2.42. The van der Waals surface area contributed by atoms with Gasteiger partial charge in [-0.15, -0.1) is 0 Å².